The number of anilines is 1. The Kier molecular flexibility index (Phi) is 4.79. The van der Waals surface area contributed by atoms with Gasteiger partial charge in [0.25, 0.3) is 0 Å². The molecule has 1 aromatic heterocycles. The predicted molar refractivity (Wildman–Crippen MR) is 91.3 cm³/mol. The van der Waals surface area contributed by atoms with E-state index >= 15 is 0 Å². The van der Waals surface area contributed by atoms with Crippen molar-refractivity contribution in [2.24, 2.45) is 0 Å². The van der Waals surface area contributed by atoms with Crippen LogP contribution in [0.3, 0.4) is 0 Å². The molecule has 0 radical (unpaired) electrons. The summed E-state index contributed by atoms with van der Waals surface area (Å²) in [5.41, 5.74) is 2.29. The van der Waals surface area contributed by atoms with Gasteiger partial charge in [-0.25, -0.2) is 8.42 Å². The lowest BCUT2D eigenvalue weighted by molar-refractivity contribution is -0.116. The number of hydrogen-bond acceptors (Lipinski definition) is 7. The number of thioether (sulfide) groups is 1. The molecule has 120 valence electrons. The Hall–Kier alpha value is -1.71. The number of para-hydroxylation sites is 1. The molecule has 23 heavy (non-hydrogen) atoms. The number of aromatic nitrogens is 2. The van der Waals surface area contributed by atoms with Crippen LogP contribution in [0.4, 0.5) is 5.69 Å². The first kappa shape index (κ1) is 16.2. The lowest BCUT2D eigenvalue weighted by atomic mass is 10.2. The summed E-state index contributed by atoms with van der Waals surface area (Å²) in [4.78, 5) is 14.2. The van der Waals surface area contributed by atoms with Crippen LogP contribution in [-0.4, -0.2) is 42.1 Å². The molecule has 0 fully saturated rings. The zero-order valence-electron chi connectivity index (χ0n) is 11.9. The highest BCUT2D eigenvalue weighted by molar-refractivity contribution is 8.01. The highest BCUT2D eigenvalue weighted by Crippen LogP contribution is 2.25. The number of rotatable bonds is 5. The number of sulfone groups is 1. The molecule has 0 aliphatic carbocycles. The molecule has 0 unspecified atom stereocenters. The van der Waals surface area contributed by atoms with Crippen molar-refractivity contribution in [3.8, 4) is 0 Å². The van der Waals surface area contributed by atoms with Crippen molar-refractivity contribution in [3.05, 3.63) is 47.3 Å². The number of amides is 1. The highest BCUT2D eigenvalue weighted by atomic mass is 32.2. The zero-order valence-corrected chi connectivity index (χ0v) is 14.4. The summed E-state index contributed by atoms with van der Waals surface area (Å²) in [6.07, 6.45) is 1.57. The van der Waals surface area contributed by atoms with E-state index in [2.05, 4.69) is 10.2 Å². The largest absolute Gasteiger partial charge is 0.304 e. The lowest BCUT2D eigenvalue weighted by Gasteiger charge is -2.27. The van der Waals surface area contributed by atoms with Gasteiger partial charge in [0, 0.05) is 11.1 Å². The van der Waals surface area contributed by atoms with Crippen molar-refractivity contribution in [1.82, 2.24) is 10.2 Å². The summed E-state index contributed by atoms with van der Waals surface area (Å²) in [6, 6.07) is 8.61. The van der Waals surface area contributed by atoms with E-state index in [-0.39, 0.29) is 17.4 Å². The molecule has 3 rings (SSSR count). The molecule has 2 heterocycles. The Labute approximate surface area is 142 Å². The SMILES string of the molecule is O=C(CSc1nncs1)N(c1ccccc1)[C@H]1C=CS(=O)(=O)C1. The van der Waals surface area contributed by atoms with Gasteiger partial charge in [-0.15, -0.1) is 10.2 Å². The fraction of sp³-hybridized carbons (Fsp3) is 0.214. The molecule has 0 saturated carbocycles. The Balaban J connectivity index is 1.80. The van der Waals surface area contributed by atoms with Crippen LogP contribution in [0.2, 0.25) is 0 Å². The normalized spacial score (nSPS) is 18.9. The van der Waals surface area contributed by atoms with Gasteiger partial charge in [-0.05, 0) is 18.2 Å². The second-order valence-corrected chi connectivity index (χ2v) is 8.80. The summed E-state index contributed by atoms with van der Waals surface area (Å²) in [5, 5.41) is 8.80. The third-order valence-electron chi connectivity index (χ3n) is 3.20. The van der Waals surface area contributed by atoms with Gasteiger partial charge >= 0.3 is 0 Å². The molecule has 1 aliphatic rings. The highest BCUT2D eigenvalue weighted by Gasteiger charge is 2.31. The molecular formula is C14H13N3O3S3. The van der Waals surface area contributed by atoms with Gasteiger partial charge in [-0.2, -0.15) is 0 Å². The van der Waals surface area contributed by atoms with E-state index in [1.54, 1.807) is 23.7 Å². The molecule has 9 heteroatoms. The Morgan fingerprint density at radius 1 is 1.35 bits per heavy atom. The summed E-state index contributed by atoms with van der Waals surface area (Å²) >= 11 is 2.66. The summed E-state index contributed by atoms with van der Waals surface area (Å²) in [5.74, 6) is -0.0749. The third kappa shape index (κ3) is 3.98. The second kappa shape index (κ2) is 6.81. The van der Waals surface area contributed by atoms with Crippen molar-refractivity contribution in [3.63, 3.8) is 0 Å². The number of benzene rings is 1. The minimum Gasteiger partial charge on any atom is -0.304 e. The number of carbonyl (C=O) groups is 1. The molecule has 1 aliphatic heterocycles. The average molecular weight is 367 g/mol. The van der Waals surface area contributed by atoms with E-state index in [4.69, 9.17) is 0 Å². The minimum absolute atomic E-state index is 0.0862. The minimum atomic E-state index is -3.24. The van der Waals surface area contributed by atoms with Crippen molar-refractivity contribution < 1.29 is 13.2 Å². The van der Waals surface area contributed by atoms with Crippen LogP contribution in [0.1, 0.15) is 0 Å². The monoisotopic (exact) mass is 367 g/mol. The lowest BCUT2D eigenvalue weighted by Crippen LogP contribution is -2.42. The van der Waals surface area contributed by atoms with Crippen LogP contribution in [-0.2, 0) is 14.6 Å². The maximum absolute atomic E-state index is 12.7. The molecule has 1 amide bonds. The average Bonchev–Trinajstić information content (AvgIpc) is 3.16. The van der Waals surface area contributed by atoms with Gasteiger partial charge in [-0.3, -0.25) is 4.79 Å². The van der Waals surface area contributed by atoms with Crippen LogP contribution in [0.5, 0.6) is 0 Å². The fourth-order valence-corrected chi connectivity index (χ4v) is 4.86. The van der Waals surface area contributed by atoms with Crippen molar-refractivity contribution >= 4 is 44.5 Å². The maximum Gasteiger partial charge on any atom is 0.238 e. The van der Waals surface area contributed by atoms with E-state index in [9.17, 15) is 13.2 Å². The summed E-state index contributed by atoms with van der Waals surface area (Å²) < 4.78 is 24.1. The van der Waals surface area contributed by atoms with Crippen LogP contribution >= 0.6 is 23.1 Å². The van der Waals surface area contributed by atoms with Crippen molar-refractivity contribution in [1.29, 1.82) is 0 Å². The van der Waals surface area contributed by atoms with Crippen molar-refractivity contribution in [2.75, 3.05) is 16.4 Å². The summed E-state index contributed by atoms with van der Waals surface area (Å²) in [7, 11) is -3.24. The van der Waals surface area contributed by atoms with Gasteiger partial charge in [0.1, 0.15) is 5.51 Å². The van der Waals surface area contributed by atoms with Gasteiger partial charge in [0.05, 0.1) is 17.5 Å². The molecule has 0 bridgehead atoms. The third-order valence-corrected chi connectivity index (χ3v) is 6.43. The quantitative estimate of drug-likeness (QED) is 0.752. The molecule has 1 atom stereocenters. The Bertz CT molecular complexity index is 804. The standard InChI is InChI=1S/C14H13N3O3S3/c18-13(8-21-14-16-15-10-22-14)17(11-4-2-1-3-5-11)12-6-7-23(19,20)9-12/h1-7,10,12H,8-9H2/t12-/m0/s1. The molecule has 1 aromatic carbocycles. The number of nitrogens with zero attached hydrogens (tertiary/aromatic N) is 3. The van der Waals surface area contributed by atoms with Gasteiger partial charge in [0.2, 0.25) is 5.91 Å². The molecule has 2 aromatic rings. The smallest absolute Gasteiger partial charge is 0.238 e. The first-order valence-corrected chi connectivity index (χ1v) is 10.3. The first-order valence-electron chi connectivity index (χ1n) is 6.72. The predicted octanol–water partition coefficient (Wildman–Crippen LogP) is 1.97. The maximum atomic E-state index is 12.7. The Morgan fingerprint density at radius 3 is 2.74 bits per heavy atom. The van der Waals surface area contributed by atoms with E-state index in [0.29, 0.717) is 10.0 Å². The van der Waals surface area contributed by atoms with Gasteiger partial charge in [-0.1, -0.05) is 41.3 Å². The zero-order chi connectivity index (χ0) is 16.3. The van der Waals surface area contributed by atoms with Gasteiger partial charge in [0.15, 0.2) is 14.2 Å². The molecular weight excluding hydrogens is 354 g/mol. The first-order chi connectivity index (χ1) is 11.1. The van der Waals surface area contributed by atoms with E-state index in [1.807, 2.05) is 18.2 Å². The molecule has 0 N–H and O–H groups in total. The van der Waals surface area contributed by atoms with E-state index in [1.165, 1.54) is 33.4 Å². The van der Waals surface area contributed by atoms with Crippen LogP contribution < -0.4 is 4.90 Å². The van der Waals surface area contributed by atoms with Gasteiger partial charge < -0.3 is 4.90 Å². The fourth-order valence-electron chi connectivity index (χ4n) is 2.25. The topological polar surface area (TPSA) is 80.2 Å². The van der Waals surface area contributed by atoms with Crippen LogP contribution in [0.25, 0.3) is 0 Å². The number of carbonyl (C=O) groups excluding carboxylic acids is 1. The molecule has 0 saturated heterocycles. The van der Waals surface area contributed by atoms with Crippen LogP contribution in [0, 0.1) is 0 Å². The molecule has 0 spiro atoms. The number of hydrogen-bond donors (Lipinski definition) is 0. The Morgan fingerprint density at radius 2 is 2.13 bits per heavy atom. The van der Waals surface area contributed by atoms with Crippen LogP contribution in [0.15, 0.2) is 51.7 Å². The second-order valence-electron chi connectivity index (χ2n) is 4.82. The molecule has 6 nitrogen and oxygen atoms in total. The van der Waals surface area contributed by atoms with E-state index in [0.717, 1.165) is 0 Å². The van der Waals surface area contributed by atoms with Crippen molar-refractivity contribution in [2.45, 2.75) is 10.4 Å². The van der Waals surface area contributed by atoms with E-state index < -0.39 is 15.9 Å². The summed E-state index contributed by atoms with van der Waals surface area (Å²) in [6.45, 7) is 0.